The van der Waals surface area contributed by atoms with Crippen LogP contribution >= 0.6 is 12.4 Å². The monoisotopic (exact) mass is 381 g/mol. The summed E-state index contributed by atoms with van der Waals surface area (Å²) in [6.45, 7) is 8.35. The molecule has 1 aromatic carbocycles. The lowest BCUT2D eigenvalue weighted by atomic mass is 9.99. The smallest absolute Gasteiger partial charge is 0.253 e. The predicted molar refractivity (Wildman–Crippen MR) is 108 cm³/mol. The Labute approximate surface area is 163 Å². The fraction of sp³-hybridized carbons (Fsp3) is 0.600. The van der Waals surface area contributed by atoms with Crippen molar-refractivity contribution in [2.75, 3.05) is 32.7 Å². The van der Waals surface area contributed by atoms with Crippen molar-refractivity contribution in [3.05, 3.63) is 35.4 Å². The molecule has 2 N–H and O–H groups in total. The molecule has 1 aliphatic rings. The number of rotatable bonds is 8. The fourth-order valence-corrected chi connectivity index (χ4v) is 3.27. The number of nitrogens with one attached hydrogen (secondary N) is 2. The normalized spacial score (nSPS) is 16.5. The Morgan fingerprint density at radius 2 is 1.88 bits per heavy atom. The first kappa shape index (κ1) is 22.5. The quantitative estimate of drug-likeness (QED) is 0.727. The number of nitrogens with zero attached hydrogens (tertiary/aromatic N) is 1. The maximum Gasteiger partial charge on any atom is 0.253 e. The van der Waals surface area contributed by atoms with Crippen LogP contribution in [0.15, 0.2) is 24.3 Å². The van der Waals surface area contributed by atoms with E-state index in [2.05, 4.69) is 24.5 Å². The lowest BCUT2D eigenvalue weighted by molar-refractivity contribution is 0.0755. The Morgan fingerprint density at radius 3 is 2.50 bits per heavy atom. The number of benzene rings is 1. The van der Waals surface area contributed by atoms with E-state index in [9.17, 15) is 9.59 Å². The first-order chi connectivity index (χ1) is 12.2. The molecule has 146 valence electrons. The number of hydrogen-bond donors (Lipinski definition) is 2. The number of piperidine rings is 1. The van der Waals surface area contributed by atoms with E-state index >= 15 is 0 Å². The molecule has 0 saturated carbocycles. The molecule has 2 amide bonds. The van der Waals surface area contributed by atoms with Crippen molar-refractivity contribution in [1.82, 2.24) is 15.5 Å². The lowest BCUT2D eigenvalue weighted by Gasteiger charge is -2.23. The van der Waals surface area contributed by atoms with Gasteiger partial charge in [0.05, 0.1) is 0 Å². The highest BCUT2D eigenvalue weighted by atomic mass is 35.5. The van der Waals surface area contributed by atoms with E-state index < -0.39 is 0 Å². The number of carbonyl (C=O) groups is 2. The Kier molecular flexibility index (Phi) is 10.3. The van der Waals surface area contributed by atoms with Gasteiger partial charge >= 0.3 is 0 Å². The largest absolute Gasteiger partial charge is 0.352 e. The fourth-order valence-electron chi connectivity index (χ4n) is 3.27. The molecular weight excluding hydrogens is 350 g/mol. The van der Waals surface area contributed by atoms with Crippen LogP contribution in [0.2, 0.25) is 0 Å². The van der Waals surface area contributed by atoms with Crippen molar-refractivity contribution in [3.8, 4) is 0 Å². The molecule has 0 aliphatic carbocycles. The Bertz CT molecular complexity index is 568. The van der Waals surface area contributed by atoms with E-state index in [4.69, 9.17) is 0 Å². The van der Waals surface area contributed by atoms with E-state index in [1.165, 1.54) is 0 Å². The Hall–Kier alpha value is -1.59. The maximum atomic E-state index is 12.7. The summed E-state index contributed by atoms with van der Waals surface area (Å²) in [6.07, 6.45) is 4.17. The molecule has 2 rings (SSSR count). The predicted octanol–water partition coefficient (Wildman–Crippen LogP) is 3.10. The van der Waals surface area contributed by atoms with Gasteiger partial charge in [-0.1, -0.05) is 19.9 Å². The van der Waals surface area contributed by atoms with Gasteiger partial charge in [-0.2, -0.15) is 0 Å². The summed E-state index contributed by atoms with van der Waals surface area (Å²) in [5.41, 5.74) is 1.15. The van der Waals surface area contributed by atoms with Crippen molar-refractivity contribution < 1.29 is 9.59 Å². The molecule has 1 fully saturated rings. The third-order valence-electron chi connectivity index (χ3n) is 4.60. The summed E-state index contributed by atoms with van der Waals surface area (Å²) in [4.78, 5) is 27.0. The van der Waals surface area contributed by atoms with Gasteiger partial charge in [0, 0.05) is 30.8 Å². The molecular formula is C20H32ClN3O2. The first-order valence-corrected chi connectivity index (χ1v) is 9.54. The van der Waals surface area contributed by atoms with Gasteiger partial charge in [0.25, 0.3) is 11.8 Å². The molecule has 1 aromatic rings. The van der Waals surface area contributed by atoms with Crippen LogP contribution in [-0.4, -0.2) is 49.4 Å². The highest BCUT2D eigenvalue weighted by Crippen LogP contribution is 2.12. The van der Waals surface area contributed by atoms with Crippen LogP contribution in [0.1, 0.15) is 60.2 Å². The molecule has 6 heteroatoms. The highest BCUT2D eigenvalue weighted by Gasteiger charge is 2.17. The van der Waals surface area contributed by atoms with E-state index in [1.807, 2.05) is 4.90 Å². The molecule has 26 heavy (non-hydrogen) atoms. The second-order valence-electron chi connectivity index (χ2n) is 6.80. The molecule has 1 aliphatic heterocycles. The van der Waals surface area contributed by atoms with Crippen LogP contribution < -0.4 is 10.6 Å². The number of carbonyl (C=O) groups excluding carboxylic acids is 2. The van der Waals surface area contributed by atoms with Gasteiger partial charge < -0.3 is 15.5 Å². The van der Waals surface area contributed by atoms with Crippen molar-refractivity contribution in [3.63, 3.8) is 0 Å². The first-order valence-electron chi connectivity index (χ1n) is 9.54. The number of amides is 2. The van der Waals surface area contributed by atoms with Crippen molar-refractivity contribution >= 4 is 24.2 Å². The Balaban J connectivity index is 0.00000338. The average molecular weight is 382 g/mol. The van der Waals surface area contributed by atoms with Gasteiger partial charge in [0.15, 0.2) is 0 Å². The highest BCUT2D eigenvalue weighted by molar-refractivity contribution is 5.99. The van der Waals surface area contributed by atoms with E-state index in [1.54, 1.807) is 24.3 Å². The summed E-state index contributed by atoms with van der Waals surface area (Å²) in [5, 5.41) is 6.37. The summed E-state index contributed by atoms with van der Waals surface area (Å²) in [6, 6.07) is 7.08. The molecule has 5 nitrogen and oxygen atoms in total. The van der Waals surface area contributed by atoms with Crippen LogP contribution in [0.4, 0.5) is 0 Å². The molecule has 0 spiro atoms. The van der Waals surface area contributed by atoms with Crippen molar-refractivity contribution in [2.45, 2.75) is 39.5 Å². The topological polar surface area (TPSA) is 61.4 Å². The van der Waals surface area contributed by atoms with E-state index in [-0.39, 0.29) is 24.2 Å². The van der Waals surface area contributed by atoms with Crippen molar-refractivity contribution in [1.29, 1.82) is 0 Å². The minimum absolute atomic E-state index is 0. The molecule has 0 radical (unpaired) electrons. The number of hydrogen-bond acceptors (Lipinski definition) is 3. The second kappa shape index (κ2) is 11.9. The summed E-state index contributed by atoms with van der Waals surface area (Å²) < 4.78 is 0. The van der Waals surface area contributed by atoms with Gasteiger partial charge in [-0.3, -0.25) is 9.59 Å². The molecule has 1 saturated heterocycles. The van der Waals surface area contributed by atoms with Gasteiger partial charge in [0.2, 0.25) is 0 Å². The van der Waals surface area contributed by atoms with Gasteiger partial charge in [-0.25, -0.2) is 0 Å². The summed E-state index contributed by atoms with van der Waals surface area (Å²) in [7, 11) is 0. The zero-order valence-electron chi connectivity index (χ0n) is 15.9. The van der Waals surface area contributed by atoms with Crippen LogP contribution in [0.25, 0.3) is 0 Å². The van der Waals surface area contributed by atoms with Crippen LogP contribution in [0.3, 0.4) is 0 Å². The SMILES string of the molecule is CCCN(CCC)C(=O)c1cccc(C(=O)NCC2CCCNC2)c1.Cl. The van der Waals surface area contributed by atoms with Crippen LogP contribution in [0, 0.1) is 5.92 Å². The van der Waals surface area contributed by atoms with E-state index in [0.717, 1.165) is 51.9 Å². The molecule has 0 aromatic heterocycles. The van der Waals surface area contributed by atoms with Crippen LogP contribution in [0.5, 0.6) is 0 Å². The van der Waals surface area contributed by atoms with Gasteiger partial charge in [-0.15, -0.1) is 12.4 Å². The Morgan fingerprint density at radius 1 is 1.19 bits per heavy atom. The minimum Gasteiger partial charge on any atom is -0.352 e. The van der Waals surface area contributed by atoms with Gasteiger partial charge in [-0.05, 0) is 62.9 Å². The van der Waals surface area contributed by atoms with Crippen molar-refractivity contribution in [2.24, 2.45) is 5.92 Å². The number of halogens is 1. The van der Waals surface area contributed by atoms with Crippen LogP contribution in [-0.2, 0) is 0 Å². The lowest BCUT2D eigenvalue weighted by Crippen LogP contribution is -2.38. The third-order valence-corrected chi connectivity index (χ3v) is 4.60. The zero-order valence-corrected chi connectivity index (χ0v) is 16.7. The molecule has 1 unspecified atom stereocenters. The zero-order chi connectivity index (χ0) is 18.1. The maximum absolute atomic E-state index is 12.7. The van der Waals surface area contributed by atoms with E-state index in [0.29, 0.717) is 23.6 Å². The average Bonchev–Trinajstić information content (AvgIpc) is 2.66. The summed E-state index contributed by atoms with van der Waals surface area (Å²) in [5.74, 6) is 0.403. The minimum atomic E-state index is -0.0993. The summed E-state index contributed by atoms with van der Waals surface area (Å²) >= 11 is 0. The molecule has 1 heterocycles. The standard InChI is InChI=1S/C20H31N3O2.ClH/c1-3-11-23(12-4-2)20(25)18-9-5-8-17(13-18)19(24)22-15-16-7-6-10-21-14-16;/h5,8-9,13,16,21H,3-4,6-7,10-12,14-15H2,1-2H3,(H,22,24);1H. The second-order valence-corrected chi connectivity index (χ2v) is 6.80. The van der Waals surface area contributed by atoms with Gasteiger partial charge in [0.1, 0.15) is 0 Å². The molecule has 1 atom stereocenters. The third kappa shape index (κ3) is 6.61. The molecule has 0 bridgehead atoms.